The van der Waals surface area contributed by atoms with Crippen LogP contribution in [0.5, 0.6) is 0 Å². The van der Waals surface area contributed by atoms with Crippen molar-refractivity contribution >= 4 is 23.9 Å². The van der Waals surface area contributed by atoms with E-state index in [0.717, 1.165) is 38.7 Å². The van der Waals surface area contributed by atoms with E-state index in [2.05, 4.69) is 19.0 Å². The van der Waals surface area contributed by atoms with Crippen LogP contribution in [0.2, 0.25) is 0 Å². The molecule has 4 rings (SSSR count). The second kappa shape index (κ2) is 8.84. The van der Waals surface area contributed by atoms with Crippen molar-refractivity contribution in [2.24, 2.45) is 51.3 Å². The predicted octanol–water partition coefficient (Wildman–Crippen LogP) is 4.22. The number of Topliss-reactive ketones (excluding diaryl/α,β-unsaturated/α-hetero) is 1. The number of carbonyl (C=O) groups is 1. The lowest BCUT2D eigenvalue weighted by atomic mass is 9.43. The average molecular weight is 427 g/mol. The SMILES string of the molecule is COC[C@@H]1CC2C/C(=N\OCCN)CC[C@]2(C)[C@H]2CC[C@]3(C)C(=O)CC[C@H]3[C@H]12.Cl. The number of hydrogen-bond acceptors (Lipinski definition) is 5. The van der Waals surface area contributed by atoms with Crippen LogP contribution in [-0.4, -0.2) is 38.4 Å². The number of fused-ring (bicyclic) bond motifs is 5. The van der Waals surface area contributed by atoms with Crippen molar-refractivity contribution in [3.05, 3.63) is 0 Å². The minimum absolute atomic E-state index is 0. The van der Waals surface area contributed by atoms with E-state index in [4.69, 9.17) is 15.3 Å². The van der Waals surface area contributed by atoms with Crippen LogP contribution in [-0.2, 0) is 14.4 Å². The van der Waals surface area contributed by atoms with E-state index < -0.39 is 0 Å². The minimum atomic E-state index is -0.0757. The summed E-state index contributed by atoms with van der Waals surface area (Å²) in [5.41, 5.74) is 7.02. The van der Waals surface area contributed by atoms with Crippen LogP contribution < -0.4 is 5.73 Å². The van der Waals surface area contributed by atoms with Gasteiger partial charge in [0.05, 0.1) is 5.71 Å². The lowest BCUT2D eigenvalue weighted by Crippen LogP contribution is -2.57. The lowest BCUT2D eigenvalue weighted by Gasteiger charge is -2.62. The van der Waals surface area contributed by atoms with Gasteiger partial charge in [0.15, 0.2) is 0 Å². The Bertz CT molecular complexity index is 642. The van der Waals surface area contributed by atoms with Crippen LogP contribution >= 0.6 is 12.4 Å². The highest BCUT2D eigenvalue weighted by atomic mass is 35.5. The molecule has 0 radical (unpaired) electrons. The maximum absolute atomic E-state index is 12.7. The van der Waals surface area contributed by atoms with Crippen LogP contribution in [0.4, 0.5) is 0 Å². The molecule has 0 spiro atoms. The van der Waals surface area contributed by atoms with Gasteiger partial charge in [0.1, 0.15) is 12.4 Å². The molecule has 1 unspecified atom stereocenters. The molecule has 4 saturated carbocycles. The summed E-state index contributed by atoms with van der Waals surface area (Å²) in [6, 6.07) is 0. The molecular weight excluding hydrogens is 388 g/mol. The molecule has 0 amide bonds. The van der Waals surface area contributed by atoms with Crippen molar-refractivity contribution < 1.29 is 14.4 Å². The summed E-state index contributed by atoms with van der Waals surface area (Å²) < 4.78 is 5.70. The van der Waals surface area contributed by atoms with Gasteiger partial charge >= 0.3 is 0 Å². The summed E-state index contributed by atoms with van der Waals surface area (Å²) >= 11 is 0. The second-order valence-corrected chi connectivity index (χ2v) is 10.3. The minimum Gasteiger partial charge on any atom is -0.395 e. The molecule has 0 heterocycles. The van der Waals surface area contributed by atoms with E-state index in [-0.39, 0.29) is 17.8 Å². The Balaban J connectivity index is 0.00000240. The molecule has 166 valence electrons. The molecule has 6 heteroatoms. The van der Waals surface area contributed by atoms with Gasteiger partial charge in [-0.1, -0.05) is 19.0 Å². The Kier molecular flexibility index (Phi) is 7.02. The Morgan fingerprint density at radius 1 is 1.17 bits per heavy atom. The number of ketones is 1. The van der Waals surface area contributed by atoms with Crippen molar-refractivity contribution in [2.75, 3.05) is 26.9 Å². The fraction of sp³-hybridized carbons (Fsp3) is 0.913. The highest BCUT2D eigenvalue weighted by Crippen LogP contribution is 2.66. The topological polar surface area (TPSA) is 73.9 Å². The van der Waals surface area contributed by atoms with Crippen molar-refractivity contribution in [1.29, 1.82) is 0 Å². The number of rotatable bonds is 5. The zero-order valence-electron chi connectivity index (χ0n) is 18.3. The molecule has 0 aromatic heterocycles. The van der Waals surface area contributed by atoms with Crippen LogP contribution in [0.15, 0.2) is 5.16 Å². The van der Waals surface area contributed by atoms with Gasteiger partial charge in [0.2, 0.25) is 0 Å². The third kappa shape index (κ3) is 3.76. The van der Waals surface area contributed by atoms with Gasteiger partial charge in [0, 0.05) is 32.1 Å². The van der Waals surface area contributed by atoms with Crippen LogP contribution in [0, 0.1) is 40.4 Å². The molecule has 0 aromatic carbocycles. The van der Waals surface area contributed by atoms with E-state index in [1.807, 2.05) is 7.11 Å². The molecule has 7 atom stereocenters. The normalized spacial score (nSPS) is 45.2. The predicted molar refractivity (Wildman–Crippen MR) is 117 cm³/mol. The van der Waals surface area contributed by atoms with Crippen molar-refractivity contribution in [3.63, 3.8) is 0 Å². The largest absolute Gasteiger partial charge is 0.395 e. The molecule has 5 nitrogen and oxygen atoms in total. The molecule has 2 N–H and O–H groups in total. The van der Waals surface area contributed by atoms with Gasteiger partial charge in [-0.2, -0.15) is 0 Å². The first-order valence-corrected chi connectivity index (χ1v) is 11.3. The first-order valence-electron chi connectivity index (χ1n) is 11.3. The van der Waals surface area contributed by atoms with Crippen LogP contribution in [0.1, 0.15) is 65.2 Å². The number of hydrogen-bond donors (Lipinski definition) is 1. The molecule has 0 bridgehead atoms. The Morgan fingerprint density at radius 2 is 1.97 bits per heavy atom. The monoisotopic (exact) mass is 426 g/mol. The summed E-state index contributed by atoms with van der Waals surface area (Å²) in [4.78, 5) is 18.1. The molecule has 4 fully saturated rings. The quantitative estimate of drug-likeness (QED) is 0.527. The Hall–Kier alpha value is -0.650. The van der Waals surface area contributed by atoms with Crippen LogP contribution in [0.3, 0.4) is 0 Å². The molecule has 0 aromatic rings. The molecule has 29 heavy (non-hydrogen) atoms. The summed E-state index contributed by atoms with van der Waals surface area (Å²) in [6.07, 6.45) is 8.65. The first kappa shape index (κ1) is 23.0. The van der Waals surface area contributed by atoms with E-state index in [9.17, 15) is 4.79 Å². The van der Waals surface area contributed by atoms with Crippen LogP contribution in [0.25, 0.3) is 0 Å². The highest BCUT2D eigenvalue weighted by molar-refractivity contribution is 5.87. The van der Waals surface area contributed by atoms with Crippen molar-refractivity contribution in [3.8, 4) is 0 Å². The van der Waals surface area contributed by atoms with Gasteiger partial charge in [0.25, 0.3) is 0 Å². The zero-order chi connectivity index (χ0) is 19.9. The number of ether oxygens (including phenoxy) is 1. The maximum Gasteiger partial charge on any atom is 0.139 e. The Morgan fingerprint density at radius 3 is 2.69 bits per heavy atom. The number of oxime groups is 1. The third-order valence-corrected chi connectivity index (χ3v) is 9.17. The summed E-state index contributed by atoms with van der Waals surface area (Å²) in [5, 5.41) is 4.41. The molecule has 4 aliphatic carbocycles. The van der Waals surface area contributed by atoms with E-state index >= 15 is 0 Å². The van der Waals surface area contributed by atoms with Crippen molar-refractivity contribution in [2.45, 2.75) is 65.2 Å². The second-order valence-electron chi connectivity index (χ2n) is 10.3. The number of carbonyl (C=O) groups excluding carboxylic acids is 1. The van der Waals surface area contributed by atoms with Gasteiger partial charge in [-0.05, 0) is 80.0 Å². The third-order valence-electron chi connectivity index (χ3n) is 9.17. The number of halogens is 1. The molecule has 0 saturated heterocycles. The lowest BCUT2D eigenvalue weighted by molar-refractivity contribution is -0.149. The van der Waals surface area contributed by atoms with Gasteiger partial charge in [-0.25, -0.2) is 0 Å². The fourth-order valence-corrected chi connectivity index (χ4v) is 7.66. The molecule has 0 aliphatic heterocycles. The highest BCUT2D eigenvalue weighted by Gasteiger charge is 2.62. The fourth-order valence-electron chi connectivity index (χ4n) is 7.66. The number of nitrogens with two attached hydrogens (primary N) is 1. The van der Waals surface area contributed by atoms with E-state index in [0.29, 0.717) is 53.9 Å². The molecular formula is C23H39ClN2O3. The summed E-state index contributed by atoms with van der Waals surface area (Å²) in [7, 11) is 1.83. The zero-order valence-corrected chi connectivity index (χ0v) is 19.1. The average Bonchev–Trinajstić information content (AvgIpc) is 2.98. The summed E-state index contributed by atoms with van der Waals surface area (Å²) in [6.45, 7) is 6.63. The number of methoxy groups -OCH3 is 1. The van der Waals surface area contributed by atoms with E-state index in [1.165, 1.54) is 25.0 Å². The maximum atomic E-state index is 12.7. The summed E-state index contributed by atoms with van der Waals surface area (Å²) in [5.74, 6) is 3.63. The standard InChI is InChI=1S/C23H38N2O3.ClH/c1-22-8-6-17(25-28-11-10-24)13-16(22)12-15(14-27-3)21-18-4-5-20(26)23(18,2)9-7-19(21)22;/h15-16,18-19,21H,4-14,24H2,1-3H3;1H/b25-17-;/t15-,16?,18-,19-,21-,22-,23-;/m0./s1. The Labute approximate surface area is 181 Å². The van der Waals surface area contributed by atoms with Crippen molar-refractivity contribution in [1.82, 2.24) is 0 Å². The number of nitrogens with zero attached hydrogens (tertiary/aromatic N) is 1. The van der Waals surface area contributed by atoms with Gasteiger partial charge in [-0.3, -0.25) is 4.79 Å². The van der Waals surface area contributed by atoms with Gasteiger partial charge < -0.3 is 15.3 Å². The first-order chi connectivity index (χ1) is 13.4. The van der Waals surface area contributed by atoms with E-state index in [1.54, 1.807) is 0 Å². The van der Waals surface area contributed by atoms with Gasteiger partial charge in [-0.15, -0.1) is 12.4 Å². The molecule has 4 aliphatic rings. The smallest absolute Gasteiger partial charge is 0.139 e.